The minimum absolute atomic E-state index is 0.181. The minimum atomic E-state index is -0.282. The highest BCUT2D eigenvalue weighted by Crippen LogP contribution is 2.16. The van der Waals surface area contributed by atoms with Crippen molar-refractivity contribution in [2.75, 3.05) is 7.11 Å². The van der Waals surface area contributed by atoms with Crippen LogP contribution in [0.1, 0.15) is 0 Å². The number of ether oxygens (including phenoxy) is 1. The summed E-state index contributed by atoms with van der Waals surface area (Å²) >= 11 is 0. The van der Waals surface area contributed by atoms with Gasteiger partial charge in [0.05, 0.1) is 7.11 Å². The first-order valence-corrected chi connectivity index (χ1v) is 4.94. The maximum Gasteiger partial charge on any atom is 0.325 e. The van der Waals surface area contributed by atoms with Crippen molar-refractivity contribution in [2.45, 2.75) is 6.54 Å². The van der Waals surface area contributed by atoms with Crippen LogP contribution in [0.15, 0.2) is 42.7 Å². The Bertz CT molecular complexity index is 477. The van der Waals surface area contributed by atoms with Crippen molar-refractivity contribution < 1.29 is 9.53 Å². The van der Waals surface area contributed by atoms with E-state index < -0.39 is 0 Å². The van der Waals surface area contributed by atoms with Crippen LogP contribution in [0.3, 0.4) is 0 Å². The quantitative estimate of drug-likeness (QED) is 0.734. The number of esters is 1. The van der Waals surface area contributed by atoms with Crippen LogP contribution in [0, 0.1) is 0 Å². The number of aromatic nitrogens is 2. The van der Waals surface area contributed by atoms with Crippen molar-refractivity contribution in [1.82, 2.24) is 9.55 Å². The highest BCUT2D eigenvalue weighted by Gasteiger charge is 2.08. The summed E-state index contributed by atoms with van der Waals surface area (Å²) in [6.45, 7) is 0.181. The number of carbonyl (C=O) groups excluding carboxylic acids is 1. The SMILES string of the molecule is COC(=O)Cn1ccnc1-c1ccccc1. The van der Waals surface area contributed by atoms with E-state index in [1.807, 2.05) is 30.3 Å². The molecule has 0 spiro atoms. The van der Waals surface area contributed by atoms with Crippen molar-refractivity contribution in [3.63, 3.8) is 0 Å². The molecular formula is C12H12N2O2. The van der Waals surface area contributed by atoms with Crippen molar-refractivity contribution >= 4 is 5.97 Å². The zero-order valence-corrected chi connectivity index (χ0v) is 8.96. The molecule has 0 aliphatic rings. The Morgan fingerprint density at radius 2 is 2.12 bits per heavy atom. The number of rotatable bonds is 3. The average molecular weight is 216 g/mol. The monoisotopic (exact) mass is 216 g/mol. The first-order chi connectivity index (χ1) is 7.81. The van der Waals surface area contributed by atoms with Crippen LogP contribution in [0.25, 0.3) is 11.4 Å². The number of hydrogen-bond donors (Lipinski definition) is 0. The molecule has 1 aromatic carbocycles. The van der Waals surface area contributed by atoms with E-state index in [2.05, 4.69) is 9.72 Å². The molecule has 0 saturated heterocycles. The number of methoxy groups -OCH3 is 1. The molecule has 0 bridgehead atoms. The zero-order valence-electron chi connectivity index (χ0n) is 8.96. The van der Waals surface area contributed by atoms with E-state index in [4.69, 9.17) is 0 Å². The summed E-state index contributed by atoms with van der Waals surface area (Å²) in [4.78, 5) is 15.4. The second-order valence-corrected chi connectivity index (χ2v) is 3.32. The number of nitrogens with zero attached hydrogens (tertiary/aromatic N) is 2. The van der Waals surface area contributed by atoms with Gasteiger partial charge in [0.2, 0.25) is 0 Å². The molecule has 0 atom stereocenters. The summed E-state index contributed by atoms with van der Waals surface area (Å²) in [5.74, 6) is 0.487. The molecule has 0 saturated carbocycles. The summed E-state index contributed by atoms with van der Waals surface area (Å²) in [6, 6.07) is 9.72. The Morgan fingerprint density at radius 3 is 2.81 bits per heavy atom. The van der Waals surface area contributed by atoms with Crippen molar-refractivity contribution in [3.05, 3.63) is 42.7 Å². The van der Waals surface area contributed by atoms with E-state index in [0.717, 1.165) is 11.4 Å². The van der Waals surface area contributed by atoms with Gasteiger partial charge in [0.15, 0.2) is 0 Å². The fraction of sp³-hybridized carbons (Fsp3) is 0.167. The molecule has 4 heteroatoms. The fourth-order valence-corrected chi connectivity index (χ4v) is 1.49. The molecule has 4 nitrogen and oxygen atoms in total. The van der Waals surface area contributed by atoms with Gasteiger partial charge in [-0.2, -0.15) is 0 Å². The molecule has 0 unspecified atom stereocenters. The molecule has 2 aromatic rings. The molecule has 0 amide bonds. The van der Waals surface area contributed by atoms with Gasteiger partial charge >= 0.3 is 5.97 Å². The smallest absolute Gasteiger partial charge is 0.325 e. The third-order valence-corrected chi connectivity index (χ3v) is 2.27. The zero-order chi connectivity index (χ0) is 11.4. The van der Waals surface area contributed by atoms with Crippen LogP contribution in [0.4, 0.5) is 0 Å². The Hall–Kier alpha value is -2.10. The van der Waals surface area contributed by atoms with Crippen molar-refractivity contribution in [3.8, 4) is 11.4 Å². The summed E-state index contributed by atoms with van der Waals surface area (Å²) in [7, 11) is 1.38. The van der Waals surface area contributed by atoms with Gasteiger partial charge in [-0.1, -0.05) is 30.3 Å². The van der Waals surface area contributed by atoms with E-state index in [1.165, 1.54) is 7.11 Å². The molecule has 1 aromatic heterocycles. The highest BCUT2D eigenvalue weighted by atomic mass is 16.5. The molecule has 16 heavy (non-hydrogen) atoms. The fourth-order valence-electron chi connectivity index (χ4n) is 1.49. The molecule has 2 rings (SSSR count). The van der Waals surface area contributed by atoms with Gasteiger partial charge in [0.25, 0.3) is 0 Å². The first kappa shape index (κ1) is 10.4. The summed E-state index contributed by atoms with van der Waals surface area (Å²) in [6.07, 6.45) is 3.44. The topological polar surface area (TPSA) is 44.1 Å². The molecule has 0 aliphatic heterocycles. The Kier molecular flexibility index (Phi) is 3.00. The van der Waals surface area contributed by atoms with Crippen LogP contribution in [-0.2, 0) is 16.1 Å². The summed E-state index contributed by atoms with van der Waals surface area (Å²) in [5.41, 5.74) is 0.983. The average Bonchev–Trinajstić information content (AvgIpc) is 2.78. The molecule has 0 aliphatic carbocycles. The predicted octanol–water partition coefficient (Wildman–Crippen LogP) is 1.72. The van der Waals surface area contributed by atoms with Gasteiger partial charge in [0.1, 0.15) is 12.4 Å². The molecule has 0 N–H and O–H groups in total. The lowest BCUT2D eigenvalue weighted by atomic mass is 10.2. The van der Waals surface area contributed by atoms with Gasteiger partial charge < -0.3 is 9.30 Å². The lowest BCUT2D eigenvalue weighted by molar-refractivity contribution is -0.141. The van der Waals surface area contributed by atoms with Crippen LogP contribution < -0.4 is 0 Å². The lowest BCUT2D eigenvalue weighted by Crippen LogP contribution is -2.11. The summed E-state index contributed by atoms with van der Waals surface area (Å²) < 4.78 is 6.39. The molecule has 1 heterocycles. The number of benzene rings is 1. The van der Waals surface area contributed by atoms with E-state index in [1.54, 1.807) is 17.0 Å². The number of imidazole rings is 1. The van der Waals surface area contributed by atoms with Crippen molar-refractivity contribution in [1.29, 1.82) is 0 Å². The predicted molar refractivity (Wildman–Crippen MR) is 59.7 cm³/mol. The lowest BCUT2D eigenvalue weighted by Gasteiger charge is -2.05. The minimum Gasteiger partial charge on any atom is -0.468 e. The van der Waals surface area contributed by atoms with E-state index >= 15 is 0 Å². The highest BCUT2D eigenvalue weighted by molar-refractivity contribution is 5.70. The molecule has 82 valence electrons. The van der Waals surface area contributed by atoms with Gasteiger partial charge in [0, 0.05) is 18.0 Å². The first-order valence-electron chi connectivity index (χ1n) is 4.94. The Balaban J connectivity index is 2.29. The molecular weight excluding hydrogens is 204 g/mol. The molecule has 0 radical (unpaired) electrons. The van der Waals surface area contributed by atoms with Crippen molar-refractivity contribution in [2.24, 2.45) is 0 Å². The van der Waals surface area contributed by atoms with Gasteiger partial charge in [-0.15, -0.1) is 0 Å². The standard InChI is InChI=1S/C12H12N2O2/c1-16-11(15)9-14-8-7-13-12(14)10-5-3-2-4-6-10/h2-8H,9H2,1H3. The van der Waals surface area contributed by atoms with Crippen LogP contribution in [-0.4, -0.2) is 22.6 Å². The van der Waals surface area contributed by atoms with Gasteiger partial charge in [-0.25, -0.2) is 4.98 Å². The van der Waals surface area contributed by atoms with Gasteiger partial charge in [-0.05, 0) is 0 Å². The number of hydrogen-bond acceptors (Lipinski definition) is 3. The largest absolute Gasteiger partial charge is 0.468 e. The van der Waals surface area contributed by atoms with Gasteiger partial charge in [-0.3, -0.25) is 4.79 Å². The second-order valence-electron chi connectivity index (χ2n) is 3.32. The Labute approximate surface area is 93.5 Å². The number of carbonyl (C=O) groups is 1. The van der Waals surface area contributed by atoms with Crippen LogP contribution in [0.2, 0.25) is 0 Å². The third kappa shape index (κ3) is 2.11. The van der Waals surface area contributed by atoms with E-state index in [0.29, 0.717) is 0 Å². The van der Waals surface area contributed by atoms with E-state index in [-0.39, 0.29) is 12.5 Å². The Morgan fingerprint density at radius 1 is 1.38 bits per heavy atom. The maximum absolute atomic E-state index is 11.2. The third-order valence-electron chi connectivity index (χ3n) is 2.27. The maximum atomic E-state index is 11.2. The van der Waals surface area contributed by atoms with E-state index in [9.17, 15) is 4.79 Å². The normalized spacial score (nSPS) is 10.1. The summed E-state index contributed by atoms with van der Waals surface area (Å²) in [5, 5.41) is 0. The second kappa shape index (κ2) is 4.61. The molecule has 0 fully saturated rings. The van der Waals surface area contributed by atoms with Crippen LogP contribution >= 0.6 is 0 Å². The van der Waals surface area contributed by atoms with Crippen LogP contribution in [0.5, 0.6) is 0 Å².